The standard InChI is InChI=1S/C12H13F3O5S/c1-3-19-11(16)8(2)9-4-6-10(7-5-9)20-21(17,18)12(13,14)15/h4-8H,3H2,1-2H3. The summed E-state index contributed by atoms with van der Waals surface area (Å²) in [5, 5.41) is 0. The van der Waals surface area contributed by atoms with Crippen molar-refractivity contribution >= 4 is 16.1 Å². The summed E-state index contributed by atoms with van der Waals surface area (Å²) < 4.78 is 66.8. The van der Waals surface area contributed by atoms with Gasteiger partial charge in [-0.15, -0.1) is 0 Å². The molecule has 0 amide bonds. The molecule has 1 unspecified atom stereocenters. The van der Waals surface area contributed by atoms with Crippen molar-refractivity contribution in [2.75, 3.05) is 6.61 Å². The van der Waals surface area contributed by atoms with E-state index in [0.717, 1.165) is 12.1 Å². The number of alkyl halides is 3. The summed E-state index contributed by atoms with van der Waals surface area (Å²) in [6.45, 7) is 3.40. The molecule has 9 heteroatoms. The molecule has 0 heterocycles. The van der Waals surface area contributed by atoms with Crippen molar-refractivity contribution in [1.29, 1.82) is 0 Å². The van der Waals surface area contributed by atoms with Crippen LogP contribution in [0.1, 0.15) is 25.3 Å². The first-order valence-corrected chi connectivity index (χ1v) is 7.26. The second-order valence-electron chi connectivity index (χ2n) is 4.03. The third-order valence-electron chi connectivity index (χ3n) is 2.51. The van der Waals surface area contributed by atoms with Crippen LogP contribution in [-0.4, -0.2) is 26.5 Å². The van der Waals surface area contributed by atoms with Gasteiger partial charge in [0.25, 0.3) is 0 Å². The number of esters is 1. The lowest BCUT2D eigenvalue weighted by molar-refractivity contribution is -0.144. The topological polar surface area (TPSA) is 69.7 Å². The van der Waals surface area contributed by atoms with Crippen molar-refractivity contribution in [2.45, 2.75) is 25.3 Å². The lowest BCUT2D eigenvalue weighted by Crippen LogP contribution is -2.28. The van der Waals surface area contributed by atoms with E-state index in [2.05, 4.69) is 4.18 Å². The van der Waals surface area contributed by atoms with Gasteiger partial charge in [0.15, 0.2) is 0 Å². The minimum Gasteiger partial charge on any atom is -0.466 e. The molecule has 0 aliphatic carbocycles. The van der Waals surface area contributed by atoms with Gasteiger partial charge in [-0.1, -0.05) is 12.1 Å². The van der Waals surface area contributed by atoms with Gasteiger partial charge >= 0.3 is 21.6 Å². The van der Waals surface area contributed by atoms with Crippen molar-refractivity contribution in [2.24, 2.45) is 0 Å². The molecule has 1 aromatic carbocycles. The first kappa shape index (κ1) is 17.3. The molecule has 0 aliphatic heterocycles. The highest BCUT2D eigenvalue weighted by Crippen LogP contribution is 2.28. The summed E-state index contributed by atoms with van der Waals surface area (Å²) in [7, 11) is -5.70. The first-order chi connectivity index (χ1) is 9.58. The summed E-state index contributed by atoms with van der Waals surface area (Å²) in [5.41, 5.74) is -5.03. The Bertz CT molecular complexity index is 592. The van der Waals surface area contributed by atoms with Gasteiger partial charge < -0.3 is 8.92 Å². The van der Waals surface area contributed by atoms with E-state index in [4.69, 9.17) is 4.74 Å². The number of halogens is 3. The van der Waals surface area contributed by atoms with Crippen molar-refractivity contribution in [1.82, 2.24) is 0 Å². The molecule has 0 fully saturated rings. The summed E-state index contributed by atoms with van der Waals surface area (Å²) in [4.78, 5) is 11.5. The van der Waals surface area contributed by atoms with E-state index >= 15 is 0 Å². The van der Waals surface area contributed by atoms with Crippen molar-refractivity contribution in [3.63, 3.8) is 0 Å². The minimum atomic E-state index is -5.70. The SMILES string of the molecule is CCOC(=O)C(C)c1ccc(OS(=O)(=O)C(F)(F)F)cc1. The highest BCUT2D eigenvalue weighted by atomic mass is 32.2. The second kappa shape index (κ2) is 6.33. The van der Waals surface area contributed by atoms with Crippen LogP contribution in [0.2, 0.25) is 0 Å². The van der Waals surface area contributed by atoms with Crippen LogP contribution >= 0.6 is 0 Å². The fourth-order valence-electron chi connectivity index (χ4n) is 1.39. The Morgan fingerprint density at radius 3 is 2.19 bits per heavy atom. The molecule has 0 aliphatic rings. The quantitative estimate of drug-likeness (QED) is 0.472. The van der Waals surface area contributed by atoms with Gasteiger partial charge in [-0.3, -0.25) is 4.79 Å². The van der Waals surface area contributed by atoms with Crippen LogP contribution in [0.15, 0.2) is 24.3 Å². The summed E-state index contributed by atoms with van der Waals surface area (Å²) in [5.74, 6) is -1.61. The average Bonchev–Trinajstić information content (AvgIpc) is 2.37. The van der Waals surface area contributed by atoms with E-state index in [1.54, 1.807) is 13.8 Å². The maximum atomic E-state index is 12.1. The van der Waals surface area contributed by atoms with Gasteiger partial charge in [0.1, 0.15) is 5.75 Å². The summed E-state index contributed by atoms with van der Waals surface area (Å²) in [6, 6.07) is 4.66. The molecule has 0 radical (unpaired) electrons. The monoisotopic (exact) mass is 326 g/mol. The Morgan fingerprint density at radius 2 is 1.76 bits per heavy atom. The van der Waals surface area contributed by atoms with Crippen LogP contribution in [0.4, 0.5) is 13.2 Å². The summed E-state index contributed by atoms with van der Waals surface area (Å²) in [6.07, 6.45) is 0. The van der Waals surface area contributed by atoms with Gasteiger partial charge in [-0.25, -0.2) is 0 Å². The molecular formula is C12H13F3O5S. The number of carbonyl (C=O) groups excluding carboxylic acids is 1. The van der Waals surface area contributed by atoms with E-state index in [1.807, 2.05) is 0 Å². The molecule has 1 aromatic rings. The van der Waals surface area contributed by atoms with Crippen LogP contribution in [0.25, 0.3) is 0 Å². The molecule has 5 nitrogen and oxygen atoms in total. The lowest BCUT2D eigenvalue weighted by atomic mass is 10.0. The van der Waals surface area contributed by atoms with E-state index < -0.39 is 33.3 Å². The summed E-state index contributed by atoms with van der Waals surface area (Å²) >= 11 is 0. The van der Waals surface area contributed by atoms with Crippen molar-refractivity contribution in [3.8, 4) is 5.75 Å². The largest absolute Gasteiger partial charge is 0.534 e. The number of carbonyl (C=O) groups is 1. The Hall–Kier alpha value is -1.77. The van der Waals surface area contributed by atoms with Crippen LogP contribution in [-0.2, 0) is 19.6 Å². The molecule has 118 valence electrons. The predicted octanol–water partition coefficient (Wildman–Crippen LogP) is 2.58. The van der Waals surface area contributed by atoms with Gasteiger partial charge in [0.2, 0.25) is 0 Å². The zero-order valence-electron chi connectivity index (χ0n) is 11.2. The Kier molecular flexibility index (Phi) is 5.21. The Labute approximate surface area is 119 Å². The van der Waals surface area contributed by atoms with Crippen molar-refractivity contribution < 1.29 is 35.3 Å². The van der Waals surface area contributed by atoms with E-state index in [1.165, 1.54) is 12.1 Å². The molecule has 21 heavy (non-hydrogen) atoms. The van der Waals surface area contributed by atoms with Crippen LogP contribution in [0.5, 0.6) is 5.75 Å². The van der Waals surface area contributed by atoms with Crippen LogP contribution < -0.4 is 4.18 Å². The molecule has 0 bridgehead atoms. The number of hydrogen-bond donors (Lipinski definition) is 0. The van der Waals surface area contributed by atoms with Crippen LogP contribution in [0, 0.1) is 0 Å². The van der Waals surface area contributed by atoms with Gasteiger partial charge in [0, 0.05) is 0 Å². The van der Waals surface area contributed by atoms with E-state index in [9.17, 15) is 26.4 Å². The number of hydrogen-bond acceptors (Lipinski definition) is 5. The maximum absolute atomic E-state index is 12.1. The fourth-order valence-corrected chi connectivity index (χ4v) is 1.85. The van der Waals surface area contributed by atoms with E-state index in [0.29, 0.717) is 5.56 Å². The fraction of sp³-hybridized carbons (Fsp3) is 0.417. The number of rotatable bonds is 5. The zero-order chi connectivity index (χ0) is 16.3. The number of benzene rings is 1. The molecule has 0 spiro atoms. The maximum Gasteiger partial charge on any atom is 0.534 e. The van der Waals surface area contributed by atoms with Crippen molar-refractivity contribution in [3.05, 3.63) is 29.8 Å². The highest BCUT2D eigenvalue weighted by molar-refractivity contribution is 7.87. The average molecular weight is 326 g/mol. The normalized spacial score (nSPS) is 13.6. The Morgan fingerprint density at radius 1 is 1.24 bits per heavy atom. The molecule has 1 rings (SSSR count). The smallest absolute Gasteiger partial charge is 0.466 e. The molecule has 0 N–H and O–H groups in total. The predicted molar refractivity (Wildman–Crippen MR) is 67.1 cm³/mol. The lowest BCUT2D eigenvalue weighted by Gasteiger charge is -2.12. The molecule has 0 saturated carbocycles. The zero-order valence-corrected chi connectivity index (χ0v) is 12.0. The Balaban J connectivity index is 2.87. The highest BCUT2D eigenvalue weighted by Gasteiger charge is 2.48. The third kappa shape index (κ3) is 4.35. The van der Waals surface area contributed by atoms with E-state index in [-0.39, 0.29) is 6.61 Å². The second-order valence-corrected chi connectivity index (χ2v) is 5.56. The van der Waals surface area contributed by atoms with Gasteiger partial charge in [-0.05, 0) is 31.5 Å². The van der Waals surface area contributed by atoms with Crippen LogP contribution in [0.3, 0.4) is 0 Å². The number of ether oxygens (including phenoxy) is 1. The molecular weight excluding hydrogens is 313 g/mol. The molecule has 0 aromatic heterocycles. The minimum absolute atomic E-state index is 0.203. The molecule has 1 atom stereocenters. The first-order valence-electron chi connectivity index (χ1n) is 5.86. The van der Waals surface area contributed by atoms with Gasteiger partial charge in [0.05, 0.1) is 12.5 Å². The third-order valence-corrected chi connectivity index (χ3v) is 3.49. The molecule has 0 saturated heterocycles. The van der Waals surface area contributed by atoms with Gasteiger partial charge in [-0.2, -0.15) is 21.6 Å².